The number of benzene rings is 1. The van der Waals surface area contributed by atoms with Crippen molar-refractivity contribution in [3.05, 3.63) is 71.5 Å². The van der Waals surface area contributed by atoms with E-state index in [9.17, 15) is 4.79 Å². The maximum Gasteiger partial charge on any atom is 0.169 e. The number of carbonyl (C=O) groups excluding carboxylic acids is 1. The minimum Gasteiger partial charge on any atom is -0.337 e. The molecule has 1 saturated carbocycles. The third-order valence-corrected chi connectivity index (χ3v) is 8.96. The lowest BCUT2D eigenvalue weighted by Crippen LogP contribution is -2.20. The first-order valence-electron chi connectivity index (χ1n) is 13.7. The highest BCUT2D eigenvalue weighted by molar-refractivity contribution is 7.17. The number of thiophene rings is 1. The average molecular weight is 548 g/mol. The summed E-state index contributed by atoms with van der Waals surface area (Å²) in [5, 5.41) is 12.1. The van der Waals surface area contributed by atoms with E-state index in [1.54, 1.807) is 6.92 Å². The number of carbonyl (C=O) groups is 1. The van der Waals surface area contributed by atoms with Crippen molar-refractivity contribution < 1.29 is 4.79 Å². The zero-order valence-corrected chi connectivity index (χ0v) is 23.0. The van der Waals surface area contributed by atoms with Crippen molar-refractivity contribution in [3.63, 3.8) is 0 Å². The first kappa shape index (κ1) is 24.8. The molecule has 9 heteroatoms. The number of imidazole rings is 1. The first-order valence-corrected chi connectivity index (χ1v) is 14.5. The fourth-order valence-corrected chi connectivity index (χ4v) is 6.56. The second kappa shape index (κ2) is 10.4. The predicted molar refractivity (Wildman–Crippen MR) is 159 cm³/mol. The van der Waals surface area contributed by atoms with Crippen LogP contribution in [0.2, 0.25) is 0 Å². The lowest BCUT2D eigenvalue weighted by atomic mass is 10.1. The largest absolute Gasteiger partial charge is 0.337 e. The van der Waals surface area contributed by atoms with Gasteiger partial charge in [0, 0.05) is 46.7 Å². The number of nitrogens with zero attached hydrogens (tertiary/aromatic N) is 4. The van der Waals surface area contributed by atoms with Crippen molar-refractivity contribution in [2.75, 3.05) is 6.54 Å². The standard InChI is InChI=1S/C31H29N7OS/c1-18(39)26-9-10-27(40-26)23-7-4-8-25-28(23)36-31(35-25)29-24-12-22(17-34-30(24)38-37-29)21-11-20(15-33-16-21)14-32-13-19-5-2-3-6-19/h4,7-12,15-17,19,32H,2-3,5-6,13-14H2,1H3,(H,35,36)(H,34,37,38). The molecule has 0 radical (unpaired) electrons. The highest BCUT2D eigenvalue weighted by Crippen LogP contribution is 2.35. The minimum atomic E-state index is 0.0681. The van der Waals surface area contributed by atoms with Crippen molar-refractivity contribution in [3.8, 4) is 33.1 Å². The Hall–Kier alpha value is -4.21. The van der Waals surface area contributed by atoms with Gasteiger partial charge in [-0.25, -0.2) is 9.97 Å². The number of hydrogen-bond acceptors (Lipinski definition) is 7. The fraction of sp³-hybridized carbons (Fsp3) is 0.258. The number of hydrogen-bond donors (Lipinski definition) is 3. The Morgan fingerprint density at radius 1 is 1.07 bits per heavy atom. The molecule has 0 bridgehead atoms. The van der Waals surface area contributed by atoms with E-state index in [0.717, 1.165) is 67.4 Å². The van der Waals surface area contributed by atoms with Crippen LogP contribution in [0.3, 0.4) is 0 Å². The third kappa shape index (κ3) is 4.71. The predicted octanol–water partition coefficient (Wildman–Crippen LogP) is 6.77. The van der Waals surface area contributed by atoms with Crippen molar-refractivity contribution in [2.24, 2.45) is 5.92 Å². The molecule has 200 valence electrons. The van der Waals surface area contributed by atoms with Gasteiger partial charge in [-0.1, -0.05) is 25.0 Å². The van der Waals surface area contributed by atoms with Gasteiger partial charge < -0.3 is 10.3 Å². The first-order chi connectivity index (χ1) is 19.6. The summed E-state index contributed by atoms with van der Waals surface area (Å²) in [6.45, 7) is 3.47. The smallest absolute Gasteiger partial charge is 0.169 e. The van der Waals surface area contributed by atoms with E-state index >= 15 is 0 Å². The summed E-state index contributed by atoms with van der Waals surface area (Å²) in [4.78, 5) is 31.2. The van der Waals surface area contributed by atoms with Crippen LogP contribution in [-0.4, -0.2) is 42.5 Å². The van der Waals surface area contributed by atoms with Gasteiger partial charge in [-0.05, 0) is 68.1 Å². The summed E-state index contributed by atoms with van der Waals surface area (Å²) in [6, 6.07) is 14.2. The van der Waals surface area contributed by atoms with Crippen LogP contribution < -0.4 is 5.32 Å². The van der Waals surface area contributed by atoms with Gasteiger partial charge in [0.25, 0.3) is 0 Å². The van der Waals surface area contributed by atoms with E-state index in [4.69, 9.17) is 4.98 Å². The molecule has 0 saturated heterocycles. The molecule has 0 amide bonds. The molecule has 40 heavy (non-hydrogen) atoms. The molecule has 3 N–H and O–H groups in total. The molecule has 1 aliphatic rings. The van der Waals surface area contributed by atoms with E-state index in [2.05, 4.69) is 42.6 Å². The van der Waals surface area contributed by atoms with Crippen LogP contribution in [0.5, 0.6) is 0 Å². The molecule has 0 spiro atoms. The molecular formula is C31H29N7OS. The molecule has 0 aliphatic heterocycles. The second-order valence-corrected chi connectivity index (χ2v) is 11.6. The van der Waals surface area contributed by atoms with Gasteiger partial charge in [-0.3, -0.25) is 14.9 Å². The van der Waals surface area contributed by atoms with E-state index in [0.29, 0.717) is 17.2 Å². The van der Waals surface area contributed by atoms with Gasteiger partial charge in [0.2, 0.25) is 0 Å². The van der Waals surface area contributed by atoms with Gasteiger partial charge in [-0.15, -0.1) is 11.3 Å². The molecule has 1 fully saturated rings. The number of aromatic amines is 2. The van der Waals surface area contributed by atoms with Crippen LogP contribution in [0.4, 0.5) is 0 Å². The van der Waals surface area contributed by atoms with Crippen LogP contribution >= 0.6 is 11.3 Å². The maximum absolute atomic E-state index is 11.8. The molecule has 1 aliphatic carbocycles. The molecule has 1 aromatic carbocycles. The summed E-state index contributed by atoms with van der Waals surface area (Å²) in [5.74, 6) is 1.54. The molecular weight excluding hydrogens is 518 g/mol. The van der Waals surface area contributed by atoms with E-state index < -0.39 is 0 Å². The van der Waals surface area contributed by atoms with Crippen LogP contribution in [0.25, 0.3) is 55.2 Å². The Kier molecular flexibility index (Phi) is 6.45. The minimum absolute atomic E-state index is 0.0681. The number of rotatable bonds is 8. The van der Waals surface area contributed by atoms with Gasteiger partial charge in [0.15, 0.2) is 17.3 Å². The Morgan fingerprint density at radius 2 is 1.95 bits per heavy atom. The molecule has 5 aromatic heterocycles. The number of nitrogens with one attached hydrogen (secondary N) is 3. The Labute approximate surface area is 235 Å². The van der Waals surface area contributed by atoms with Crippen LogP contribution in [0, 0.1) is 5.92 Å². The number of Topliss-reactive ketones (excluding diaryl/α,β-unsaturated/α-hetero) is 1. The topological polar surface area (TPSA) is 112 Å². The summed E-state index contributed by atoms with van der Waals surface area (Å²) >= 11 is 1.48. The van der Waals surface area contributed by atoms with Gasteiger partial charge in [0.1, 0.15) is 5.69 Å². The summed E-state index contributed by atoms with van der Waals surface area (Å²) in [7, 11) is 0. The van der Waals surface area contributed by atoms with Crippen LogP contribution in [0.15, 0.2) is 61.1 Å². The van der Waals surface area contributed by atoms with Crippen molar-refractivity contribution in [2.45, 2.75) is 39.2 Å². The Balaban J connectivity index is 1.20. The zero-order valence-electron chi connectivity index (χ0n) is 22.2. The normalized spacial score (nSPS) is 14.0. The van der Waals surface area contributed by atoms with Crippen molar-refractivity contribution in [1.29, 1.82) is 0 Å². The van der Waals surface area contributed by atoms with Crippen molar-refractivity contribution in [1.82, 2.24) is 35.5 Å². The lowest BCUT2D eigenvalue weighted by molar-refractivity contribution is 0.102. The molecule has 8 nitrogen and oxygen atoms in total. The quantitative estimate of drug-likeness (QED) is 0.181. The summed E-state index contributed by atoms with van der Waals surface area (Å²) in [6.07, 6.45) is 11.1. The van der Waals surface area contributed by atoms with E-state index in [1.165, 1.54) is 37.0 Å². The van der Waals surface area contributed by atoms with Gasteiger partial charge in [0.05, 0.1) is 21.3 Å². The van der Waals surface area contributed by atoms with Crippen LogP contribution in [0.1, 0.15) is 47.8 Å². The summed E-state index contributed by atoms with van der Waals surface area (Å²) < 4.78 is 0. The molecule has 7 rings (SSSR count). The average Bonchev–Trinajstić information content (AvgIpc) is 3.78. The van der Waals surface area contributed by atoms with Crippen molar-refractivity contribution >= 4 is 39.2 Å². The van der Waals surface area contributed by atoms with E-state index in [1.807, 2.05) is 48.9 Å². The number of ketones is 1. The highest BCUT2D eigenvalue weighted by atomic mass is 32.1. The molecule has 6 aromatic rings. The number of pyridine rings is 2. The molecule has 0 atom stereocenters. The maximum atomic E-state index is 11.8. The Bertz CT molecular complexity index is 1840. The lowest BCUT2D eigenvalue weighted by Gasteiger charge is -2.11. The SMILES string of the molecule is CC(=O)c1ccc(-c2cccc3[nH]c(-c4n[nH]c5ncc(-c6cncc(CNCC7CCCC7)c6)cc45)nc23)s1. The fourth-order valence-electron chi connectivity index (χ4n) is 5.63. The number of H-pyrrole nitrogens is 2. The van der Waals surface area contributed by atoms with E-state index in [-0.39, 0.29) is 5.78 Å². The number of aromatic nitrogens is 6. The van der Waals surface area contributed by atoms with Gasteiger partial charge >= 0.3 is 0 Å². The number of fused-ring (bicyclic) bond motifs is 2. The number of para-hydroxylation sites is 1. The third-order valence-electron chi connectivity index (χ3n) is 7.74. The van der Waals surface area contributed by atoms with Gasteiger partial charge in [-0.2, -0.15) is 5.10 Å². The second-order valence-electron chi connectivity index (χ2n) is 10.6. The molecule has 5 heterocycles. The molecule has 0 unspecified atom stereocenters. The summed E-state index contributed by atoms with van der Waals surface area (Å²) in [5.41, 5.74) is 7.31. The highest BCUT2D eigenvalue weighted by Gasteiger charge is 2.18. The van der Waals surface area contributed by atoms with Crippen LogP contribution in [-0.2, 0) is 6.54 Å². The Morgan fingerprint density at radius 3 is 2.80 bits per heavy atom. The monoisotopic (exact) mass is 547 g/mol. The zero-order chi connectivity index (χ0) is 27.1.